The van der Waals surface area contributed by atoms with E-state index in [9.17, 15) is 0 Å². The van der Waals surface area contributed by atoms with Gasteiger partial charge in [-0.05, 0) is 52.5 Å². The Kier molecular flexibility index (Phi) is 14.1. The van der Waals surface area contributed by atoms with Crippen molar-refractivity contribution in [3.8, 4) is 0 Å². The molecular weight excluding hydrogens is 485 g/mol. The van der Waals surface area contributed by atoms with E-state index in [4.69, 9.17) is 14.7 Å². The average Bonchev–Trinajstić information content (AvgIpc) is 3.08. The molecule has 28 heavy (non-hydrogen) atoms. The number of nitrogens with zero attached hydrogens (tertiary/aromatic N) is 3. The second kappa shape index (κ2) is 15.4. The minimum Gasteiger partial charge on any atom is -0.385 e. The zero-order valence-electron chi connectivity index (χ0n) is 17.8. The van der Waals surface area contributed by atoms with Gasteiger partial charge in [0.05, 0.1) is 10.7 Å². The van der Waals surface area contributed by atoms with Crippen LogP contribution in [0.5, 0.6) is 0 Å². The molecule has 2 N–H and O–H groups in total. The average molecular weight is 524 g/mol. The number of rotatable bonds is 12. The molecular formula is C20H38IN5OS. The summed E-state index contributed by atoms with van der Waals surface area (Å²) in [6.45, 7) is 7.60. The number of hydrogen-bond acceptors (Lipinski definition) is 5. The molecule has 162 valence electrons. The molecule has 1 aromatic rings. The Bertz CT molecular complexity index is 543. The van der Waals surface area contributed by atoms with Gasteiger partial charge in [0.1, 0.15) is 0 Å². The van der Waals surface area contributed by atoms with Crippen LogP contribution in [0.25, 0.3) is 0 Å². The molecule has 0 aromatic carbocycles. The lowest BCUT2D eigenvalue weighted by molar-refractivity contribution is 0.180. The highest BCUT2D eigenvalue weighted by molar-refractivity contribution is 14.0. The van der Waals surface area contributed by atoms with Crippen LogP contribution in [0.1, 0.15) is 48.2 Å². The summed E-state index contributed by atoms with van der Waals surface area (Å²) in [5.41, 5.74) is 1.37. The summed E-state index contributed by atoms with van der Waals surface area (Å²) < 4.78 is 5.10. The molecule has 0 radical (unpaired) electrons. The number of likely N-dealkylation sites (N-methyl/N-ethyl adjacent to an activating group) is 1. The summed E-state index contributed by atoms with van der Waals surface area (Å²) in [6, 6.07) is 0. The van der Waals surface area contributed by atoms with Crippen LogP contribution in [0, 0.1) is 0 Å². The number of aromatic nitrogens is 1. The van der Waals surface area contributed by atoms with Gasteiger partial charge in [-0.2, -0.15) is 0 Å². The molecule has 0 saturated carbocycles. The van der Waals surface area contributed by atoms with E-state index in [1.54, 1.807) is 7.11 Å². The van der Waals surface area contributed by atoms with Crippen LogP contribution < -0.4 is 10.6 Å². The molecule has 0 bridgehead atoms. The fourth-order valence-electron chi connectivity index (χ4n) is 3.23. The van der Waals surface area contributed by atoms with Gasteiger partial charge in [-0.3, -0.25) is 4.99 Å². The van der Waals surface area contributed by atoms with Crippen molar-refractivity contribution in [2.45, 2.75) is 51.9 Å². The maximum absolute atomic E-state index is 5.10. The number of fused-ring (bicyclic) bond motifs is 1. The fraction of sp³-hybridized carbons (Fsp3) is 0.800. The van der Waals surface area contributed by atoms with Crippen molar-refractivity contribution in [3.63, 3.8) is 0 Å². The SMILES string of the molecule is CCNC(=NCCCc1nc2c(s1)CCCC2)NCCN(C)CCCOC.I. The van der Waals surface area contributed by atoms with Crippen molar-refractivity contribution < 1.29 is 4.74 Å². The Hall–Kier alpha value is -0.450. The number of methoxy groups -OCH3 is 1. The lowest BCUT2D eigenvalue weighted by atomic mass is 10.0. The van der Waals surface area contributed by atoms with E-state index in [-0.39, 0.29) is 24.0 Å². The predicted octanol–water partition coefficient (Wildman–Crippen LogP) is 3.10. The molecule has 6 nitrogen and oxygen atoms in total. The van der Waals surface area contributed by atoms with E-state index in [0.29, 0.717) is 0 Å². The van der Waals surface area contributed by atoms with Crippen LogP contribution in [-0.4, -0.2) is 69.3 Å². The number of aryl methyl sites for hydroxylation is 3. The van der Waals surface area contributed by atoms with Gasteiger partial charge in [-0.25, -0.2) is 4.98 Å². The van der Waals surface area contributed by atoms with Crippen molar-refractivity contribution in [2.24, 2.45) is 4.99 Å². The van der Waals surface area contributed by atoms with Crippen molar-refractivity contribution in [3.05, 3.63) is 15.6 Å². The summed E-state index contributed by atoms with van der Waals surface area (Å²) in [5.74, 6) is 0.918. The predicted molar refractivity (Wildman–Crippen MR) is 130 cm³/mol. The second-order valence-corrected chi connectivity index (χ2v) is 8.29. The summed E-state index contributed by atoms with van der Waals surface area (Å²) >= 11 is 1.92. The van der Waals surface area contributed by atoms with Crippen LogP contribution in [-0.2, 0) is 24.0 Å². The van der Waals surface area contributed by atoms with Gasteiger partial charge in [0.25, 0.3) is 0 Å². The van der Waals surface area contributed by atoms with Gasteiger partial charge in [0.15, 0.2) is 5.96 Å². The maximum Gasteiger partial charge on any atom is 0.191 e. The number of halogens is 1. The van der Waals surface area contributed by atoms with Crippen molar-refractivity contribution in [1.82, 2.24) is 20.5 Å². The third kappa shape index (κ3) is 9.84. The second-order valence-electron chi connectivity index (χ2n) is 7.13. The van der Waals surface area contributed by atoms with E-state index in [2.05, 4.69) is 29.5 Å². The van der Waals surface area contributed by atoms with Crippen molar-refractivity contribution in [1.29, 1.82) is 0 Å². The smallest absolute Gasteiger partial charge is 0.191 e. The molecule has 0 spiro atoms. The van der Waals surface area contributed by atoms with Gasteiger partial charge in [0.2, 0.25) is 0 Å². The topological polar surface area (TPSA) is 61.8 Å². The van der Waals surface area contributed by atoms with Gasteiger partial charge >= 0.3 is 0 Å². The molecule has 0 unspecified atom stereocenters. The largest absolute Gasteiger partial charge is 0.385 e. The van der Waals surface area contributed by atoms with Crippen LogP contribution in [0.15, 0.2) is 4.99 Å². The third-order valence-electron chi connectivity index (χ3n) is 4.73. The third-order valence-corrected chi connectivity index (χ3v) is 5.94. The Morgan fingerprint density at radius 2 is 2.04 bits per heavy atom. The summed E-state index contributed by atoms with van der Waals surface area (Å²) in [5, 5.41) is 8.07. The normalized spacial score (nSPS) is 13.9. The highest BCUT2D eigenvalue weighted by Crippen LogP contribution is 2.27. The van der Waals surface area contributed by atoms with Gasteiger partial charge < -0.3 is 20.3 Å². The molecule has 1 aliphatic carbocycles. The van der Waals surface area contributed by atoms with Crippen LogP contribution in [0.4, 0.5) is 0 Å². The van der Waals surface area contributed by atoms with Crippen LogP contribution in [0.2, 0.25) is 0 Å². The van der Waals surface area contributed by atoms with E-state index in [1.807, 2.05) is 11.3 Å². The van der Waals surface area contributed by atoms with Crippen molar-refractivity contribution in [2.75, 3.05) is 53.5 Å². The zero-order valence-corrected chi connectivity index (χ0v) is 20.9. The van der Waals surface area contributed by atoms with E-state index >= 15 is 0 Å². The number of aliphatic imine (C=N–C) groups is 1. The standard InChI is InChI=1S/C20H37N5OS.HI/c1-4-21-20(23-13-15-25(2)14-8-16-26-3)22-12-7-11-19-24-17-9-5-6-10-18(17)27-19;/h4-16H2,1-3H3,(H2,21,22,23);1H. The van der Waals surface area contributed by atoms with E-state index < -0.39 is 0 Å². The Balaban J connectivity index is 0.00000392. The number of guanidine groups is 1. The number of ether oxygens (including phenoxy) is 1. The Morgan fingerprint density at radius 1 is 1.21 bits per heavy atom. The first kappa shape index (κ1) is 25.6. The number of thiazole rings is 1. The molecule has 2 rings (SSSR count). The van der Waals surface area contributed by atoms with Gasteiger partial charge in [0, 0.05) is 57.7 Å². The van der Waals surface area contributed by atoms with Crippen LogP contribution >= 0.6 is 35.3 Å². The lowest BCUT2D eigenvalue weighted by Gasteiger charge is -2.18. The maximum atomic E-state index is 5.10. The lowest BCUT2D eigenvalue weighted by Crippen LogP contribution is -2.41. The van der Waals surface area contributed by atoms with Gasteiger partial charge in [-0.1, -0.05) is 0 Å². The molecule has 0 saturated heterocycles. The van der Waals surface area contributed by atoms with E-state index in [1.165, 1.54) is 41.3 Å². The van der Waals surface area contributed by atoms with Crippen LogP contribution in [0.3, 0.4) is 0 Å². The minimum atomic E-state index is 0. The first-order valence-corrected chi connectivity index (χ1v) is 11.2. The number of hydrogen-bond donors (Lipinski definition) is 2. The fourth-order valence-corrected chi connectivity index (χ4v) is 4.43. The molecule has 1 aliphatic rings. The first-order chi connectivity index (χ1) is 13.2. The highest BCUT2D eigenvalue weighted by atomic mass is 127. The monoisotopic (exact) mass is 523 g/mol. The van der Waals surface area contributed by atoms with Crippen molar-refractivity contribution >= 4 is 41.3 Å². The number of nitrogens with one attached hydrogen (secondary N) is 2. The quantitative estimate of drug-likeness (QED) is 0.191. The molecule has 8 heteroatoms. The molecule has 1 aromatic heterocycles. The molecule has 0 fully saturated rings. The molecule has 0 aliphatic heterocycles. The van der Waals surface area contributed by atoms with E-state index in [0.717, 1.165) is 64.6 Å². The molecule has 0 atom stereocenters. The molecule has 0 amide bonds. The summed E-state index contributed by atoms with van der Waals surface area (Å²) in [6.07, 6.45) is 8.22. The highest BCUT2D eigenvalue weighted by Gasteiger charge is 2.14. The first-order valence-electron chi connectivity index (χ1n) is 10.4. The Labute approximate surface area is 192 Å². The summed E-state index contributed by atoms with van der Waals surface area (Å²) in [4.78, 5) is 13.4. The zero-order chi connectivity index (χ0) is 19.3. The van der Waals surface area contributed by atoms with Gasteiger partial charge in [-0.15, -0.1) is 35.3 Å². The Morgan fingerprint density at radius 3 is 2.79 bits per heavy atom. The summed E-state index contributed by atoms with van der Waals surface area (Å²) in [7, 11) is 3.90. The molecule has 1 heterocycles. The minimum absolute atomic E-state index is 0.